The minimum Gasteiger partial charge on any atom is -0.325 e. The van der Waals surface area contributed by atoms with Gasteiger partial charge in [0.2, 0.25) is 5.91 Å². The van der Waals surface area contributed by atoms with Gasteiger partial charge in [0.05, 0.1) is 5.75 Å². The minimum atomic E-state index is -0.539. The summed E-state index contributed by atoms with van der Waals surface area (Å²) in [6, 6.07) is 23.8. The fraction of sp³-hybridized carbons (Fsp3) is 0.0345. The van der Waals surface area contributed by atoms with Crippen LogP contribution in [-0.4, -0.2) is 28.5 Å². The number of amides is 3. The van der Waals surface area contributed by atoms with E-state index in [2.05, 4.69) is 20.9 Å². The van der Waals surface area contributed by atoms with Crippen LogP contribution in [0.1, 0.15) is 15.9 Å². The third-order valence-corrected chi connectivity index (χ3v) is 6.81. The first-order valence-corrected chi connectivity index (χ1v) is 13.4. The van der Waals surface area contributed by atoms with Gasteiger partial charge in [-0.3, -0.25) is 19.4 Å². The van der Waals surface area contributed by atoms with Crippen molar-refractivity contribution in [3.05, 3.63) is 124 Å². The van der Waals surface area contributed by atoms with Gasteiger partial charge in [0, 0.05) is 44.3 Å². The number of rotatable bonds is 9. The molecule has 1 aromatic heterocycles. The average molecular weight is 577 g/mol. The summed E-state index contributed by atoms with van der Waals surface area (Å²) in [6.07, 6.45) is 4.70. The van der Waals surface area contributed by atoms with Crippen molar-refractivity contribution in [1.29, 1.82) is 0 Å². The Hall–Kier alpha value is -4.11. The number of nitrogens with one attached hydrogen (secondary N) is 3. The number of carbonyl (C=O) groups excluding carboxylic acids is 3. The summed E-state index contributed by atoms with van der Waals surface area (Å²) >= 11 is 13.7. The normalized spacial score (nSPS) is 11.0. The predicted octanol–water partition coefficient (Wildman–Crippen LogP) is 6.53. The number of aromatic nitrogens is 1. The molecule has 0 saturated carbocycles. The van der Waals surface area contributed by atoms with E-state index in [1.165, 1.54) is 17.8 Å². The SMILES string of the molecule is O=C(CSc1ccc(NC(=O)/C(=C/c2ccc(Cl)cc2Cl)NC(=O)c2ccccc2)cc1)Nc1ccncc1. The highest BCUT2D eigenvalue weighted by Gasteiger charge is 2.16. The van der Waals surface area contributed by atoms with E-state index < -0.39 is 11.8 Å². The van der Waals surface area contributed by atoms with E-state index in [1.54, 1.807) is 97.3 Å². The van der Waals surface area contributed by atoms with Crippen LogP contribution in [0.25, 0.3) is 6.08 Å². The van der Waals surface area contributed by atoms with E-state index in [0.29, 0.717) is 32.5 Å². The maximum atomic E-state index is 13.2. The van der Waals surface area contributed by atoms with Gasteiger partial charge in [-0.2, -0.15) is 0 Å². The van der Waals surface area contributed by atoms with Gasteiger partial charge in [0.1, 0.15) is 5.70 Å². The molecule has 7 nitrogen and oxygen atoms in total. The molecule has 1 heterocycles. The summed E-state index contributed by atoms with van der Waals surface area (Å²) < 4.78 is 0. The van der Waals surface area contributed by atoms with Gasteiger partial charge in [-0.05, 0) is 72.3 Å². The second-order valence-corrected chi connectivity index (χ2v) is 9.99. The molecule has 0 aliphatic rings. The summed E-state index contributed by atoms with van der Waals surface area (Å²) in [7, 11) is 0. The second-order valence-electron chi connectivity index (χ2n) is 8.10. The summed E-state index contributed by atoms with van der Waals surface area (Å²) in [5.41, 5.74) is 2.09. The van der Waals surface area contributed by atoms with Gasteiger partial charge in [0.25, 0.3) is 11.8 Å². The van der Waals surface area contributed by atoms with Crippen molar-refractivity contribution >= 4 is 70.1 Å². The summed E-state index contributed by atoms with van der Waals surface area (Å²) in [6.45, 7) is 0. The third kappa shape index (κ3) is 8.44. The number of carbonyl (C=O) groups is 3. The molecule has 4 aromatic rings. The zero-order valence-corrected chi connectivity index (χ0v) is 22.7. The van der Waals surface area contributed by atoms with Gasteiger partial charge < -0.3 is 16.0 Å². The Morgan fingerprint density at radius 1 is 0.821 bits per heavy atom. The predicted molar refractivity (Wildman–Crippen MR) is 157 cm³/mol. The van der Waals surface area contributed by atoms with E-state index in [-0.39, 0.29) is 17.4 Å². The topological polar surface area (TPSA) is 100 Å². The maximum absolute atomic E-state index is 13.2. The van der Waals surface area contributed by atoms with Crippen LogP contribution in [0.2, 0.25) is 10.0 Å². The third-order valence-electron chi connectivity index (χ3n) is 5.24. The molecule has 10 heteroatoms. The summed E-state index contributed by atoms with van der Waals surface area (Å²) in [5.74, 6) is -0.913. The smallest absolute Gasteiger partial charge is 0.272 e. The van der Waals surface area contributed by atoms with E-state index in [0.717, 1.165) is 4.90 Å². The Balaban J connectivity index is 1.43. The number of nitrogens with zero attached hydrogens (tertiary/aromatic N) is 1. The van der Waals surface area contributed by atoms with Gasteiger partial charge in [0.15, 0.2) is 0 Å². The monoisotopic (exact) mass is 576 g/mol. The first-order valence-electron chi connectivity index (χ1n) is 11.6. The van der Waals surface area contributed by atoms with Gasteiger partial charge in [-0.1, -0.05) is 47.5 Å². The molecule has 0 bridgehead atoms. The standard InChI is InChI=1S/C29H22Cl2N4O3S/c30-21-7-6-20(25(31)17-21)16-26(35-28(37)19-4-2-1-3-5-19)29(38)34-22-8-10-24(11-9-22)39-18-27(36)33-23-12-14-32-15-13-23/h1-17H,18H2,(H,34,38)(H,35,37)(H,32,33,36)/b26-16-. The number of thioether (sulfide) groups is 1. The van der Waals surface area contributed by atoms with Crippen molar-refractivity contribution in [2.45, 2.75) is 4.90 Å². The van der Waals surface area contributed by atoms with Crippen LogP contribution in [0.15, 0.2) is 108 Å². The number of benzene rings is 3. The molecule has 4 rings (SSSR count). The Bertz CT molecular complexity index is 1500. The highest BCUT2D eigenvalue weighted by atomic mass is 35.5. The largest absolute Gasteiger partial charge is 0.325 e. The van der Waals surface area contributed by atoms with Crippen LogP contribution in [0, 0.1) is 0 Å². The lowest BCUT2D eigenvalue weighted by Crippen LogP contribution is -2.30. The van der Waals surface area contributed by atoms with Crippen LogP contribution in [0.4, 0.5) is 11.4 Å². The lowest BCUT2D eigenvalue weighted by atomic mass is 10.1. The Morgan fingerprint density at radius 3 is 2.21 bits per heavy atom. The Morgan fingerprint density at radius 2 is 1.51 bits per heavy atom. The molecule has 3 N–H and O–H groups in total. The molecule has 0 saturated heterocycles. The molecule has 0 spiro atoms. The molecule has 0 aliphatic heterocycles. The first kappa shape index (κ1) is 27.9. The van der Waals surface area contributed by atoms with Crippen LogP contribution in [0.3, 0.4) is 0 Å². The Labute approximate surface area is 239 Å². The van der Waals surface area contributed by atoms with Crippen molar-refractivity contribution in [1.82, 2.24) is 10.3 Å². The summed E-state index contributed by atoms with van der Waals surface area (Å²) in [4.78, 5) is 43.0. The molecule has 3 aromatic carbocycles. The number of hydrogen-bond acceptors (Lipinski definition) is 5. The zero-order chi connectivity index (χ0) is 27.6. The molecule has 196 valence electrons. The van der Waals surface area contributed by atoms with E-state index >= 15 is 0 Å². The highest BCUT2D eigenvalue weighted by molar-refractivity contribution is 8.00. The highest BCUT2D eigenvalue weighted by Crippen LogP contribution is 2.24. The molecule has 0 atom stereocenters. The second kappa shape index (κ2) is 13.6. The van der Waals surface area contributed by atoms with Crippen LogP contribution in [-0.2, 0) is 9.59 Å². The van der Waals surface area contributed by atoms with Crippen LogP contribution < -0.4 is 16.0 Å². The lowest BCUT2D eigenvalue weighted by Gasteiger charge is -2.12. The van der Waals surface area contributed by atoms with Crippen LogP contribution in [0.5, 0.6) is 0 Å². The molecule has 0 unspecified atom stereocenters. The number of pyridine rings is 1. The van der Waals surface area contributed by atoms with Gasteiger partial charge in [-0.25, -0.2) is 0 Å². The number of anilines is 2. The quantitative estimate of drug-likeness (QED) is 0.155. The Kier molecular flexibility index (Phi) is 9.74. The molecule has 3 amide bonds. The minimum absolute atomic E-state index is 0.000639. The van der Waals surface area contributed by atoms with Gasteiger partial charge in [-0.15, -0.1) is 11.8 Å². The fourth-order valence-corrected chi connectivity index (χ4v) is 4.49. The van der Waals surface area contributed by atoms with Crippen molar-refractivity contribution in [2.75, 3.05) is 16.4 Å². The maximum Gasteiger partial charge on any atom is 0.272 e. The molecular weight excluding hydrogens is 555 g/mol. The average Bonchev–Trinajstić information content (AvgIpc) is 2.94. The van der Waals surface area contributed by atoms with E-state index in [9.17, 15) is 14.4 Å². The van der Waals surface area contributed by atoms with Gasteiger partial charge >= 0.3 is 0 Å². The van der Waals surface area contributed by atoms with E-state index in [1.807, 2.05) is 0 Å². The first-order chi connectivity index (χ1) is 18.9. The fourth-order valence-electron chi connectivity index (χ4n) is 3.33. The van der Waals surface area contributed by atoms with Crippen molar-refractivity contribution in [3.8, 4) is 0 Å². The van der Waals surface area contributed by atoms with Crippen LogP contribution >= 0.6 is 35.0 Å². The molecule has 0 radical (unpaired) electrons. The van der Waals surface area contributed by atoms with Crippen molar-refractivity contribution in [3.63, 3.8) is 0 Å². The number of hydrogen-bond donors (Lipinski definition) is 3. The van der Waals surface area contributed by atoms with Crippen molar-refractivity contribution in [2.24, 2.45) is 0 Å². The summed E-state index contributed by atoms with van der Waals surface area (Å²) in [5, 5.41) is 9.04. The molecular formula is C29H22Cl2N4O3S. The molecule has 39 heavy (non-hydrogen) atoms. The zero-order valence-electron chi connectivity index (χ0n) is 20.4. The number of halogens is 2. The molecule has 0 aliphatic carbocycles. The van der Waals surface area contributed by atoms with E-state index in [4.69, 9.17) is 23.2 Å². The van der Waals surface area contributed by atoms with Crippen molar-refractivity contribution < 1.29 is 14.4 Å². The molecule has 0 fully saturated rings. The lowest BCUT2D eigenvalue weighted by molar-refractivity contribution is -0.114.